The zero-order valence-corrected chi connectivity index (χ0v) is 19.7. The summed E-state index contributed by atoms with van der Waals surface area (Å²) in [4.78, 5) is 27.9. The van der Waals surface area contributed by atoms with Crippen LogP contribution in [0.1, 0.15) is 36.3 Å². The van der Waals surface area contributed by atoms with Crippen molar-refractivity contribution in [2.75, 3.05) is 36.4 Å². The molecule has 36 heavy (non-hydrogen) atoms. The minimum absolute atomic E-state index is 0.0100. The van der Waals surface area contributed by atoms with Crippen molar-refractivity contribution >= 4 is 40.1 Å². The fourth-order valence-corrected chi connectivity index (χ4v) is 4.61. The highest BCUT2D eigenvalue weighted by Crippen LogP contribution is 2.30. The highest BCUT2D eigenvalue weighted by molar-refractivity contribution is 6.35. The molecule has 1 fully saturated rings. The predicted octanol–water partition coefficient (Wildman–Crippen LogP) is 2.56. The van der Waals surface area contributed by atoms with Crippen LogP contribution in [0.2, 0.25) is 5.02 Å². The summed E-state index contributed by atoms with van der Waals surface area (Å²) >= 11 is 6.34. The normalized spacial score (nSPS) is 15.5. The lowest BCUT2D eigenvalue weighted by atomic mass is 10.0. The number of rotatable bonds is 6. The van der Waals surface area contributed by atoms with Crippen LogP contribution < -0.4 is 22.3 Å². The summed E-state index contributed by atoms with van der Waals surface area (Å²) in [6.45, 7) is 0.401. The zero-order chi connectivity index (χ0) is 26.0. The number of nitrogen functional groups attached to an aromatic ring is 2. The van der Waals surface area contributed by atoms with E-state index < -0.39 is 18.0 Å². The number of nitriles is 1. The fraction of sp³-hybridized carbons (Fsp3) is 0.348. The first-order valence-corrected chi connectivity index (χ1v) is 11.4. The van der Waals surface area contributed by atoms with Crippen LogP contribution in [0.3, 0.4) is 0 Å². The van der Waals surface area contributed by atoms with Crippen molar-refractivity contribution in [1.82, 2.24) is 24.4 Å². The highest BCUT2D eigenvalue weighted by atomic mass is 35.5. The van der Waals surface area contributed by atoms with Crippen molar-refractivity contribution in [3.63, 3.8) is 0 Å². The van der Waals surface area contributed by atoms with Gasteiger partial charge >= 0.3 is 0 Å². The van der Waals surface area contributed by atoms with Gasteiger partial charge in [-0.05, 0) is 25.0 Å². The smallest absolute Gasteiger partial charge is 0.263 e. The Bertz CT molecular complexity index is 1440. The number of hydrogen-bond acceptors (Lipinski definition) is 9. The maximum Gasteiger partial charge on any atom is 0.263 e. The largest absolute Gasteiger partial charge is 0.382 e. The Labute approximate surface area is 209 Å². The van der Waals surface area contributed by atoms with Crippen molar-refractivity contribution in [1.29, 1.82) is 5.26 Å². The molecule has 0 saturated carbocycles. The lowest BCUT2D eigenvalue weighted by Crippen LogP contribution is -2.41. The molecule has 0 aliphatic carbocycles. The maximum absolute atomic E-state index is 13.7. The van der Waals surface area contributed by atoms with Crippen LogP contribution in [-0.2, 0) is 0 Å². The van der Waals surface area contributed by atoms with Gasteiger partial charge in [0.05, 0.1) is 22.5 Å². The van der Waals surface area contributed by atoms with Crippen LogP contribution in [0.5, 0.6) is 0 Å². The number of benzene rings is 1. The maximum atomic E-state index is 13.7. The number of aromatic nitrogens is 4. The number of halogens is 3. The molecule has 0 amide bonds. The van der Waals surface area contributed by atoms with E-state index in [0.29, 0.717) is 31.4 Å². The van der Waals surface area contributed by atoms with Crippen LogP contribution in [-0.4, -0.2) is 50.5 Å². The summed E-state index contributed by atoms with van der Waals surface area (Å²) in [6, 6.07) is 5.39. The quantitative estimate of drug-likeness (QED) is 0.422. The highest BCUT2D eigenvalue weighted by Gasteiger charge is 2.29. The molecule has 1 aromatic carbocycles. The summed E-state index contributed by atoms with van der Waals surface area (Å²) in [5.41, 5.74) is 11.4. The van der Waals surface area contributed by atoms with Gasteiger partial charge in [0, 0.05) is 19.1 Å². The van der Waals surface area contributed by atoms with Gasteiger partial charge in [-0.3, -0.25) is 14.3 Å². The molecule has 0 unspecified atom stereocenters. The summed E-state index contributed by atoms with van der Waals surface area (Å²) < 4.78 is 27.2. The standard InChI is InChI=1S/C23H22ClF2N9O/c1-2-15(30-20-13(10-27)19(28)32-23(29)33-20)21-31-16-5-3-4-14(24)18(16)22(36)35(21)12-6-8-34(9-7-12)11-17(25)26/h1,3-5,12,15,17H,6-9,11H2,(H5,28,29,30,32,33)/t15-/m0/s1. The van der Waals surface area contributed by atoms with Crippen LogP contribution >= 0.6 is 11.6 Å². The molecule has 1 atom stereocenters. The number of fused-ring (bicyclic) bond motifs is 1. The number of hydrogen-bond donors (Lipinski definition) is 3. The van der Waals surface area contributed by atoms with Gasteiger partial charge in [-0.25, -0.2) is 13.8 Å². The van der Waals surface area contributed by atoms with E-state index >= 15 is 0 Å². The monoisotopic (exact) mass is 513 g/mol. The molecule has 186 valence electrons. The Kier molecular flexibility index (Phi) is 7.20. The minimum atomic E-state index is -2.45. The number of alkyl halides is 2. The van der Waals surface area contributed by atoms with Gasteiger partial charge in [-0.1, -0.05) is 23.6 Å². The van der Waals surface area contributed by atoms with E-state index in [4.69, 9.17) is 29.5 Å². The van der Waals surface area contributed by atoms with Crippen LogP contribution in [0, 0.1) is 23.7 Å². The Hall–Kier alpha value is -4.00. The Morgan fingerprint density at radius 2 is 1.97 bits per heavy atom. The van der Waals surface area contributed by atoms with Gasteiger partial charge in [0.25, 0.3) is 12.0 Å². The summed E-state index contributed by atoms with van der Waals surface area (Å²) in [5.74, 6) is 2.42. The summed E-state index contributed by atoms with van der Waals surface area (Å²) in [6.07, 6.45) is 4.24. The third-order valence-corrected chi connectivity index (χ3v) is 6.31. The third-order valence-electron chi connectivity index (χ3n) is 6.00. The lowest BCUT2D eigenvalue weighted by molar-refractivity contribution is 0.0694. The molecule has 3 aromatic rings. The number of anilines is 3. The SMILES string of the molecule is C#C[C@H](Nc1nc(N)nc(N)c1C#N)c1nc2cccc(Cl)c2c(=O)n1C1CCN(CC(F)F)CC1. The van der Waals surface area contributed by atoms with Crippen molar-refractivity contribution in [3.05, 3.63) is 45.0 Å². The molecular formula is C23H22ClF2N9O. The van der Waals surface area contributed by atoms with Crippen molar-refractivity contribution in [2.45, 2.75) is 31.4 Å². The topological polar surface area (TPSA) is 152 Å². The molecule has 0 radical (unpaired) electrons. The van der Waals surface area contributed by atoms with E-state index in [1.54, 1.807) is 23.1 Å². The van der Waals surface area contributed by atoms with Gasteiger partial charge < -0.3 is 16.8 Å². The lowest BCUT2D eigenvalue weighted by Gasteiger charge is -2.34. The minimum Gasteiger partial charge on any atom is -0.382 e. The van der Waals surface area contributed by atoms with Crippen LogP contribution in [0.4, 0.5) is 26.4 Å². The Morgan fingerprint density at radius 3 is 2.61 bits per heavy atom. The average Bonchev–Trinajstić information content (AvgIpc) is 2.82. The molecule has 5 N–H and O–H groups in total. The molecular weight excluding hydrogens is 492 g/mol. The van der Waals surface area contributed by atoms with Crippen molar-refractivity contribution < 1.29 is 8.78 Å². The van der Waals surface area contributed by atoms with E-state index in [0.717, 1.165) is 0 Å². The second kappa shape index (κ2) is 10.3. The van der Waals surface area contributed by atoms with E-state index in [2.05, 4.69) is 26.2 Å². The average molecular weight is 514 g/mol. The molecule has 0 spiro atoms. The van der Waals surface area contributed by atoms with Gasteiger partial charge in [0.2, 0.25) is 5.95 Å². The van der Waals surface area contributed by atoms with Crippen molar-refractivity contribution in [2.24, 2.45) is 0 Å². The number of nitrogens with two attached hydrogens (primary N) is 2. The summed E-state index contributed by atoms with van der Waals surface area (Å²) in [5, 5.41) is 12.9. The second-order valence-corrected chi connectivity index (χ2v) is 8.66. The zero-order valence-electron chi connectivity index (χ0n) is 19.0. The van der Waals surface area contributed by atoms with Crippen LogP contribution in [0.25, 0.3) is 10.9 Å². The molecule has 1 aliphatic rings. The van der Waals surface area contributed by atoms with E-state index in [1.165, 1.54) is 4.57 Å². The van der Waals surface area contributed by atoms with Gasteiger partial charge in [0.1, 0.15) is 29.3 Å². The molecule has 1 aliphatic heterocycles. The van der Waals surface area contributed by atoms with E-state index in [1.807, 2.05) is 6.07 Å². The number of piperidine rings is 1. The first-order valence-electron chi connectivity index (χ1n) is 11.0. The van der Waals surface area contributed by atoms with Crippen molar-refractivity contribution in [3.8, 4) is 18.4 Å². The molecule has 2 aromatic heterocycles. The Balaban J connectivity index is 1.82. The van der Waals surface area contributed by atoms with Crippen LogP contribution in [0.15, 0.2) is 23.0 Å². The second-order valence-electron chi connectivity index (χ2n) is 8.25. The first kappa shape index (κ1) is 25.1. The van der Waals surface area contributed by atoms with E-state index in [-0.39, 0.29) is 52.0 Å². The number of likely N-dealkylation sites (tertiary alicyclic amines) is 1. The van der Waals surface area contributed by atoms with Gasteiger partial charge in [-0.2, -0.15) is 15.2 Å². The van der Waals surface area contributed by atoms with Gasteiger partial charge in [0.15, 0.2) is 5.82 Å². The summed E-state index contributed by atoms with van der Waals surface area (Å²) in [7, 11) is 0. The molecule has 1 saturated heterocycles. The number of nitrogens with zero attached hydrogens (tertiary/aromatic N) is 6. The Morgan fingerprint density at radius 1 is 1.25 bits per heavy atom. The first-order chi connectivity index (χ1) is 17.2. The number of nitrogens with one attached hydrogen (secondary N) is 1. The molecule has 13 heteroatoms. The predicted molar refractivity (Wildman–Crippen MR) is 132 cm³/mol. The third kappa shape index (κ3) is 4.87. The molecule has 3 heterocycles. The molecule has 4 rings (SSSR count). The van der Waals surface area contributed by atoms with E-state index in [9.17, 15) is 18.8 Å². The fourth-order valence-electron chi connectivity index (χ4n) is 4.36. The molecule has 10 nitrogen and oxygen atoms in total. The molecule has 0 bridgehead atoms. The van der Waals surface area contributed by atoms with Gasteiger partial charge in [-0.15, -0.1) is 6.42 Å². The number of terminal acetylenes is 1.